The van der Waals surface area contributed by atoms with E-state index in [0.29, 0.717) is 27.2 Å². The Morgan fingerprint density at radius 1 is 1.33 bits per heavy atom. The smallest absolute Gasteiger partial charge is 0.230 e. The van der Waals surface area contributed by atoms with Gasteiger partial charge in [0.05, 0.1) is 11.3 Å². The van der Waals surface area contributed by atoms with Crippen LogP contribution in [-0.2, 0) is 11.3 Å². The number of nitriles is 1. The second-order valence-electron chi connectivity index (χ2n) is 5.17. The molecule has 0 fully saturated rings. The predicted molar refractivity (Wildman–Crippen MR) is 97.5 cm³/mol. The molecule has 0 atom stereocenters. The van der Waals surface area contributed by atoms with Gasteiger partial charge in [0.2, 0.25) is 5.91 Å². The van der Waals surface area contributed by atoms with Crippen LogP contribution in [0.4, 0.5) is 0 Å². The molecule has 1 heterocycles. The molecule has 0 bridgehead atoms. The van der Waals surface area contributed by atoms with Crippen LogP contribution in [0, 0.1) is 25.2 Å². The van der Waals surface area contributed by atoms with Crippen LogP contribution in [-0.4, -0.2) is 16.6 Å². The first kappa shape index (κ1) is 18.6. The second-order valence-corrected chi connectivity index (χ2v) is 6.98. The molecular weight excluding hydrogens is 365 g/mol. The highest BCUT2D eigenvalue weighted by Crippen LogP contribution is 2.24. The predicted octanol–water partition coefficient (Wildman–Crippen LogP) is 4.29. The zero-order valence-electron chi connectivity index (χ0n) is 13.2. The summed E-state index contributed by atoms with van der Waals surface area (Å²) >= 11 is 13.2. The third-order valence-corrected chi connectivity index (χ3v) is 4.82. The number of aryl methyl sites for hydroxylation is 2. The monoisotopic (exact) mass is 379 g/mol. The summed E-state index contributed by atoms with van der Waals surface area (Å²) in [5, 5.41) is 13.7. The van der Waals surface area contributed by atoms with Gasteiger partial charge in [-0.15, -0.1) is 0 Å². The van der Waals surface area contributed by atoms with E-state index >= 15 is 0 Å². The Labute approximate surface area is 155 Å². The topological polar surface area (TPSA) is 65.8 Å². The van der Waals surface area contributed by atoms with Crippen molar-refractivity contribution in [1.29, 1.82) is 5.26 Å². The Morgan fingerprint density at radius 3 is 2.75 bits per heavy atom. The summed E-state index contributed by atoms with van der Waals surface area (Å²) in [6.45, 7) is 4.04. The number of nitrogens with one attached hydrogen (secondary N) is 1. The van der Waals surface area contributed by atoms with E-state index in [9.17, 15) is 10.1 Å². The average molecular weight is 380 g/mol. The van der Waals surface area contributed by atoms with Crippen LogP contribution in [0.25, 0.3) is 0 Å². The lowest BCUT2D eigenvalue weighted by molar-refractivity contribution is -0.118. The van der Waals surface area contributed by atoms with Crippen molar-refractivity contribution in [2.45, 2.75) is 25.4 Å². The number of carbonyl (C=O) groups is 1. The minimum atomic E-state index is -0.157. The third kappa shape index (κ3) is 4.88. The van der Waals surface area contributed by atoms with Gasteiger partial charge >= 0.3 is 0 Å². The van der Waals surface area contributed by atoms with Gasteiger partial charge in [0.1, 0.15) is 11.1 Å². The highest BCUT2D eigenvalue weighted by molar-refractivity contribution is 8.00. The molecule has 0 aliphatic rings. The van der Waals surface area contributed by atoms with Crippen molar-refractivity contribution in [2.75, 3.05) is 5.75 Å². The van der Waals surface area contributed by atoms with Crippen LogP contribution in [0.2, 0.25) is 10.0 Å². The van der Waals surface area contributed by atoms with Gasteiger partial charge in [-0.25, -0.2) is 4.98 Å². The lowest BCUT2D eigenvalue weighted by Gasteiger charge is -2.09. The van der Waals surface area contributed by atoms with Gasteiger partial charge in [0, 0.05) is 22.3 Å². The number of aromatic nitrogens is 1. The number of nitrogens with zero attached hydrogens (tertiary/aromatic N) is 2. The van der Waals surface area contributed by atoms with Crippen LogP contribution in [0.5, 0.6) is 0 Å². The molecule has 124 valence electrons. The van der Waals surface area contributed by atoms with Crippen molar-refractivity contribution < 1.29 is 4.79 Å². The van der Waals surface area contributed by atoms with E-state index in [0.717, 1.165) is 16.8 Å². The molecule has 0 aliphatic carbocycles. The van der Waals surface area contributed by atoms with Crippen molar-refractivity contribution in [2.24, 2.45) is 0 Å². The molecule has 1 amide bonds. The van der Waals surface area contributed by atoms with E-state index in [1.807, 2.05) is 19.9 Å². The van der Waals surface area contributed by atoms with Crippen molar-refractivity contribution in [3.8, 4) is 6.07 Å². The van der Waals surface area contributed by atoms with Crippen molar-refractivity contribution >= 4 is 40.9 Å². The van der Waals surface area contributed by atoms with E-state index < -0.39 is 0 Å². The Balaban J connectivity index is 1.96. The number of hydrogen-bond donors (Lipinski definition) is 1. The quantitative estimate of drug-likeness (QED) is 0.786. The van der Waals surface area contributed by atoms with Crippen molar-refractivity contribution in [3.63, 3.8) is 0 Å². The van der Waals surface area contributed by atoms with Gasteiger partial charge in [-0.3, -0.25) is 4.79 Å². The first-order chi connectivity index (χ1) is 11.4. The standard InChI is InChI=1S/C17H15Cl2N3OS/c1-10-5-11(2)22-17(14(10)7-20)24-9-16(23)21-8-12-3-4-13(18)6-15(12)19/h3-6H,8-9H2,1-2H3,(H,21,23). The maximum absolute atomic E-state index is 12.0. The summed E-state index contributed by atoms with van der Waals surface area (Å²) in [5.41, 5.74) is 2.99. The van der Waals surface area contributed by atoms with Crippen LogP contribution < -0.4 is 5.32 Å². The number of rotatable bonds is 5. The third-order valence-electron chi connectivity index (χ3n) is 3.25. The number of hydrogen-bond acceptors (Lipinski definition) is 4. The average Bonchev–Trinajstić information content (AvgIpc) is 2.51. The molecule has 1 aromatic heterocycles. The van der Waals surface area contributed by atoms with E-state index in [4.69, 9.17) is 23.2 Å². The van der Waals surface area contributed by atoms with Crippen molar-refractivity contribution in [3.05, 3.63) is 56.7 Å². The SMILES string of the molecule is Cc1cc(C)c(C#N)c(SCC(=O)NCc2ccc(Cl)cc2Cl)n1. The summed E-state index contributed by atoms with van der Waals surface area (Å²) in [6.07, 6.45) is 0. The Morgan fingerprint density at radius 2 is 2.08 bits per heavy atom. The minimum absolute atomic E-state index is 0.157. The molecule has 0 saturated heterocycles. The molecule has 4 nitrogen and oxygen atoms in total. The molecule has 2 rings (SSSR count). The molecule has 0 saturated carbocycles. The fourth-order valence-electron chi connectivity index (χ4n) is 2.09. The molecule has 2 aromatic rings. The molecular formula is C17H15Cl2N3OS. The van der Waals surface area contributed by atoms with Gasteiger partial charge < -0.3 is 5.32 Å². The Bertz CT molecular complexity index is 818. The van der Waals surface area contributed by atoms with Crippen LogP contribution in [0.15, 0.2) is 29.3 Å². The zero-order chi connectivity index (χ0) is 17.7. The highest BCUT2D eigenvalue weighted by atomic mass is 35.5. The van der Waals surface area contributed by atoms with Gasteiger partial charge in [-0.2, -0.15) is 5.26 Å². The maximum Gasteiger partial charge on any atom is 0.230 e. The number of benzene rings is 1. The number of carbonyl (C=O) groups excluding carboxylic acids is 1. The van der Waals surface area contributed by atoms with Crippen LogP contribution >= 0.6 is 35.0 Å². The van der Waals surface area contributed by atoms with Crippen molar-refractivity contribution in [1.82, 2.24) is 10.3 Å². The zero-order valence-corrected chi connectivity index (χ0v) is 15.5. The largest absolute Gasteiger partial charge is 0.351 e. The highest BCUT2D eigenvalue weighted by Gasteiger charge is 2.12. The molecule has 0 unspecified atom stereocenters. The van der Waals surface area contributed by atoms with E-state index in [1.165, 1.54) is 11.8 Å². The fourth-order valence-corrected chi connectivity index (χ4v) is 3.49. The molecule has 0 radical (unpaired) electrons. The number of thioether (sulfide) groups is 1. The van der Waals surface area contributed by atoms with Crippen LogP contribution in [0.3, 0.4) is 0 Å². The molecule has 1 aromatic carbocycles. The number of pyridine rings is 1. The Hall–Kier alpha value is -1.74. The first-order valence-corrected chi connectivity index (χ1v) is 8.86. The normalized spacial score (nSPS) is 10.3. The number of amides is 1. The second kappa shape index (κ2) is 8.39. The lowest BCUT2D eigenvalue weighted by Crippen LogP contribution is -2.24. The van der Waals surface area contributed by atoms with Gasteiger partial charge in [0.25, 0.3) is 0 Å². The summed E-state index contributed by atoms with van der Waals surface area (Å²) in [6, 6.07) is 9.13. The minimum Gasteiger partial charge on any atom is -0.351 e. The summed E-state index contributed by atoms with van der Waals surface area (Å²) in [5.74, 6) is 0.0198. The summed E-state index contributed by atoms with van der Waals surface area (Å²) in [7, 11) is 0. The molecule has 7 heteroatoms. The first-order valence-electron chi connectivity index (χ1n) is 7.12. The van der Waals surface area contributed by atoms with Gasteiger partial charge in [-0.1, -0.05) is 41.0 Å². The molecule has 0 aliphatic heterocycles. The molecule has 1 N–H and O–H groups in total. The number of halogens is 2. The van der Waals surface area contributed by atoms with Crippen LogP contribution in [0.1, 0.15) is 22.4 Å². The molecule has 0 spiro atoms. The maximum atomic E-state index is 12.0. The summed E-state index contributed by atoms with van der Waals surface area (Å²) in [4.78, 5) is 16.4. The van der Waals surface area contributed by atoms with E-state index in [2.05, 4.69) is 16.4 Å². The lowest BCUT2D eigenvalue weighted by atomic mass is 10.1. The Kier molecular flexibility index (Phi) is 6.50. The fraction of sp³-hybridized carbons (Fsp3) is 0.235. The van der Waals surface area contributed by atoms with E-state index in [-0.39, 0.29) is 11.7 Å². The van der Waals surface area contributed by atoms with E-state index in [1.54, 1.807) is 18.2 Å². The summed E-state index contributed by atoms with van der Waals surface area (Å²) < 4.78 is 0. The van der Waals surface area contributed by atoms with Gasteiger partial charge in [-0.05, 0) is 43.2 Å². The van der Waals surface area contributed by atoms with Gasteiger partial charge in [0.15, 0.2) is 0 Å². The molecule has 24 heavy (non-hydrogen) atoms.